The average Bonchev–Trinajstić information content (AvgIpc) is 2.53. The van der Waals surface area contributed by atoms with Crippen molar-refractivity contribution in [2.24, 2.45) is 0 Å². The van der Waals surface area contributed by atoms with E-state index in [2.05, 4.69) is 5.32 Å². The average molecular weight is 312 g/mol. The largest absolute Gasteiger partial charge is 0.491 e. The molecule has 0 saturated carbocycles. The molecule has 0 bridgehead atoms. The number of ether oxygens (including phenoxy) is 1. The number of amides is 1. The monoisotopic (exact) mass is 312 g/mol. The van der Waals surface area contributed by atoms with Crippen molar-refractivity contribution >= 4 is 5.91 Å². The van der Waals surface area contributed by atoms with Crippen LogP contribution in [-0.2, 0) is 4.79 Å². The molecule has 1 saturated heterocycles. The van der Waals surface area contributed by atoms with Crippen LogP contribution in [0.25, 0.3) is 0 Å². The number of carbonyl (C=O) groups is 1. The summed E-state index contributed by atoms with van der Waals surface area (Å²) in [4.78, 5) is 13.9. The van der Waals surface area contributed by atoms with Gasteiger partial charge in [-0.15, -0.1) is 0 Å². The van der Waals surface area contributed by atoms with Gasteiger partial charge in [-0.2, -0.15) is 0 Å². The molecule has 0 radical (unpaired) electrons. The fraction of sp³-hybridized carbons (Fsp3) is 0.562. The van der Waals surface area contributed by atoms with Crippen LogP contribution >= 0.6 is 0 Å². The predicted octanol–water partition coefficient (Wildman–Crippen LogP) is 2.33. The number of hydrogen-bond acceptors (Lipinski definition) is 3. The molecule has 1 aliphatic rings. The molecule has 1 aromatic carbocycles. The van der Waals surface area contributed by atoms with E-state index in [0.29, 0.717) is 18.9 Å². The summed E-state index contributed by atoms with van der Waals surface area (Å²) in [6.07, 6.45) is 2.84. The van der Waals surface area contributed by atoms with Crippen LogP contribution in [0, 0.1) is 11.6 Å². The Morgan fingerprint density at radius 2 is 2.09 bits per heavy atom. The molecule has 1 amide bonds. The van der Waals surface area contributed by atoms with Crippen LogP contribution < -0.4 is 10.1 Å². The van der Waals surface area contributed by atoms with Crippen LogP contribution in [0.4, 0.5) is 8.78 Å². The molecule has 0 unspecified atom stereocenters. The minimum atomic E-state index is -0.722. The Labute approximate surface area is 129 Å². The molecule has 0 spiro atoms. The van der Waals surface area contributed by atoms with Crippen LogP contribution in [0.15, 0.2) is 18.2 Å². The van der Waals surface area contributed by atoms with Gasteiger partial charge in [0.15, 0.2) is 11.6 Å². The van der Waals surface area contributed by atoms with Gasteiger partial charge in [-0.1, -0.05) is 0 Å². The second-order valence-electron chi connectivity index (χ2n) is 5.47. The lowest BCUT2D eigenvalue weighted by Gasteiger charge is -2.31. The van der Waals surface area contributed by atoms with Gasteiger partial charge in [-0.25, -0.2) is 8.78 Å². The summed E-state index contributed by atoms with van der Waals surface area (Å²) >= 11 is 0. The zero-order valence-electron chi connectivity index (χ0n) is 12.8. The Bertz CT molecular complexity index is 503. The Morgan fingerprint density at radius 1 is 1.36 bits per heavy atom. The van der Waals surface area contributed by atoms with Crippen molar-refractivity contribution in [2.45, 2.75) is 31.7 Å². The maximum Gasteiger partial charge on any atom is 0.222 e. The van der Waals surface area contributed by atoms with E-state index in [4.69, 9.17) is 4.74 Å². The third-order valence-corrected chi connectivity index (χ3v) is 3.94. The zero-order chi connectivity index (χ0) is 15.9. The Hall–Kier alpha value is -1.69. The third-order valence-electron chi connectivity index (χ3n) is 3.94. The SMILES string of the molecule is CNC1CCN(C(=O)CCCOc2ccc(F)cc2F)CC1. The molecule has 2 rings (SSSR count). The van der Waals surface area contributed by atoms with Gasteiger partial charge in [0.25, 0.3) is 0 Å². The van der Waals surface area contributed by atoms with Crippen molar-refractivity contribution in [3.8, 4) is 5.75 Å². The van der Waals surface area contributed by atoms with Crippen LogP contribution in [0.1, 0.15) is 25.7 Å². The van der Waals surface area contributed by atoms with Crippen molar-refractivity contribution in [2.75, 3.05) is 26.7 Å². The highest BCUT2D eigenvalue weighted by Crippen LogP contribution is 2.18. The summed E-state index contributed by atoms with van der Waals surface area (Å²) in [5.41, 5.74) is 0. The molecule has 0 aromatic heterocycles. The van der Waals surface area contributed by atoms with Gasteiger partial charge in [0.05, 0.1) is 6.61 Å². The van der Waals surface area contributed by atoms with Gasteiger partial charge >= 0.3 is 0 Å². The van der Waals surface area contributed by atoms with E-state index in [-0.39, 0.29) is 18.3 Å². The molecule has 22 heavy (non-hydrogen) atoms. The first kappa shape index (κ1) is 16.7. The molecule has 6 heteroatoms. The Balaban J connectivity index is 1.67. The number of halogens is 2. The smallest absolute Gasteiger partial charge is 0.222 e. The number of nitrogens with one attached hydrogen (secondary N) is 1. The summed E-state index contributed by atoms with van der Waals surface area (Å²) in [5.74, 6) is -1.23. The summed E-state index contributed by atoms with van der Waals surface area (Å²) in [7, 11) is 1.94. The summed E-state index contributed by atoms with van der Waals surface area (Å²) in [6.45, 7) is 1.79. The highest BCUT2D eigenvalue weighted by atomic mass is 19.1. The van der Waals surface area contributed by atoms with Crippen LogP contribution in [0.2, 0.25) is 0 Å². The topological polar surface area (TPSA) is 41.6 Å². The number of carbonyl (C=O) groups excluding carboxylic acids is 1. The van der Waals surface area contributed by atoms with Gasteiger partial charge in [0.2, 0.25) is 5.91 Å². The molecule has 122 valence electrons. The number of likely N-dealkylation sites (tertiary alicyclic amines) is 1. The molecular weight excluding hydrogens is 290 g/mol. The summed E-state index contributed by atoms with van der Waals surface area (Å²) < 4.78 is 31.3. The molecule has 1 aromatic rings. The van der Waals surface area contributed by atoms with Gasteiger partial charge in [0, 0.05) is 31.6 Å². The standard InChI is InChI=1S/C16H22F2N2O2/c1-19-13-6-8-20(9-7-13)16(21)3-2-10-22-15-5-4-12(17)11-14(15)18/h4-5,11,13,19H,2-3,6-10H2,1H3. The molecule has 1 fully saturated rings. The first-order chi connectivity index (χ1) is 10.6. The molecule has 0 atom stereocenters. The van der Waals surface area contributed by atoms with E-state index in [1.165, 1.54) is 6.07 Å². The van der Waals surface area contributed by atoms with Crippen molar-refractivity contribution in [3.63, 3.8) is 0 Å². The van der Waals surface area contributed by atoms with E-state index in [9.17, 15) is 13.6 Å². The molecule has 1 N–H and O–H groups in total. The summed E-state index contributed by atoms with van der Waals surface area (Å²) in [6, 6.07) is 3.69. The highest BCUT2D eigenvalue weighted by molar-refractivity contribution is 5.76. The zero-order valence-corrected chi connectivity index (χ0v) is 12.8. The van der Waals surface area contributed by atoms with Gasteiger partial charge in [-0.05, 0) is 38.4 Å². The van der Waals surface area contributed by atoms with Crippen molar-refractivity contribution in [1.29, 1.82) is 0 Å². The lowest BCUT2D eigenvalue weighted by Crippen LogP contribution is -2.43. The van der Waals surface area contributed by atoms with Gasteiger partial charge in [-0.3, -0.25) is 4.79 Å². The molecular formula is C16H22F2N2O2. The maximum atomic E-state index is 13.4. The number of rotatable bonds is 6. The normalized spacial score (nSPS) is 15.9. The van der Waals surface area contributed by atoms with Crippen LogP contribution in [-0.4, -0.2) is 43.6 Å². The first-order valence-corrected chi connectivity index (χ1v) is 7.63. The lowest BCUT2D eigenvalue weighted by atomic mass is 10.0. The number of piperidine rings is 1. The van der Waals surface area contributed by atoms with Gasteiger partial charge < -0.3 is 15.0 Å². The second kappa shape index (κ2) is 8.08. The van der Waals surface area contributed by atoms with E-state index in [0.717, 1.165) is 38.1 Å². The fourth-order valence-corrected chi connectivity index (χ4v) is 2.57. The second-order valence-corrected chi connectivity index (χ2v) is 5.47. The van der Waals surface area contributed by atoms with Gasteiger partial charge in [0.1, 0.15) is 5.82 Å². The highest BCUT2D eigenvalue weighted by Gasteiger charge is 2.21. The number of benzene rings is 1. The minimum Gasteiger partial charge on any atom is -0.491 e. The van der Waals surface area contributed by atoms with Crippen molar-refractivity contribution < 1.29 is 18.3 Å². The first-order valence-electron chi connectivity index (χ1n) is 7.63. The third kappa shape index (κ3) is 4.66. The van der Waals surface area contributed by atoms with E-state index >= 15 is 0 Å². The quantitative estimate of drug-likeness (QED) is 0.820. The number of nitrogens with zero attached hydrogens (tertiary/aromatic N) is 1. The van der Waals surface area contributed by atoms with E-state index < -0.39 is 11.6 Å². The summed E-state index contributed by atoms with van der Waals surface area (Å²) in [5, 5.41) is 3.22. The fourth-order valence-electron chi connectivity index (χ4n) is 2.57. The maximum absolute atomic E-state index is 13.4. The molecule has 1 heterocycles. The molecule has 1 aliphatic heterocycles. The van der Waals surface area contributed by atoms with Crippen molar-refractivity contribution in [1.82, 2.24) is 10.2 Å². The molecule has 0 aliphatic carbocycles. The Kier molecular flexibility index (Phi) is 6.12. The Morgan fingerprint density at radius 3 is 2.73 bits per heavy atom. The predicted molar refractivity (Wildman–Crippen MR) is 79.7 cm³/mol. The van der Waals surface area contributed by atoms with Crippen LogP contribution in [0.5, 0.6) is 5.75 Å². The van der Waals surface area contributed by atoms with E-state index in [1.807, 2.05) is 11.9 Å². The minimum absolute atomic E-state index is 0.0173. The number of hydrogen-bond donors (Lipinski definition) is 1. The van der Waals surface area contributed by atoms with E-state index in [1.54, 1.807) is 0 Å². The van der Waals surface area contributed by atoms with Crippen LogP contribution in [0.3, 0.4) is 0 Å². The molecule has 4 nitrogen and oxygen atoms in total. The van der Waals surface area contributed by atoms with Crippen molar-refractivity contribution in [3.05, 3.63) is 29.8 Å². The lowest BCUT2D eigenvalue weighted by molar-refractivity contribution is -0.132.